The molecule has 1 aromatic rings. The van der Waals surface area contributed by atoms with Gasteiger partial charge in [-0.05, 0) is 30.2 Å². The predicted molar refractivity (Wildman–Crippen MR) is 67.1 cm³/mol. The number of hydrogen-bond donors (Lipinski definition) is 0. The molecule has 0 aliphatic heterocycles. The van der Waals surface area contributed by atoms with Crippen LogP contribution in [0.2, 0.25) is 5.02 Å². The normalized spacial score (nSPS) is 17.7. The number of hydrogen-bond acceptors (Lipinski definition) is 2. The molecule has 0 spiro atoms. The Labute approximate surface area is 105 Å². The van der Waals surface area contributed by atoms with Gasteiger partial charge in [-0.1, -0.05) is 29.3 Å². The molecule has 2 nitrogen and oxygen atoms in total. The molecular formula is C14H13ClO2. The second-order valence-electron chi connectivity index (χ2n) is 4.29. The summed E-state index contributed by atoms with van der Waals surface area (Å²) in [6, 6.07) is 7.28. The van der Waals surface area contributed by atoms with E-state index in [0.29, 0.717) is 24.3 Å². The van der Waals surface area contributed by atoms with E-state index in [1.807, 2.05) is 12.1 Å². The van der Waals surface area contributed by atoms with Gasteiger partial charge in [-0.3, -0.25) is 9.59 Å². The maximum atomic E-state index is 11.8. The van der Waals surface area contributed by atoms with Gasteiger partial charge in [0.1, 0.15) is 5.78 Å². The summed E-state index contributed by atoms with van der Waals surface area (Å²) in [5, 5.41) is 0.638. The number of allylic oxidation sites excluding steroid dienone is 2. The summed E-state index contributed by atoms with van der Waals surface area (Å²) >= 11 is 5.85. The third-order valence-electron chi connectivity index (χ3n) is 2.78. The van der Waals surface area contributed by atoms with Crippen molar-refractivity contribution in [1.29, 1.82) is 0 Å². The van der Waals surface area contributed by atoms with Crippen molar-refractivity contribution in [1.82, 2.24) is 0 Å². The highest BCUT2D eigenvalue weighted by molar-refractivity contribution is 6.30. The van der Waals surface area contributed by atoms with Gasteiger partial charge < -0.3 is 0 Å². The summed E-state index contributed by atoms with van der Waals surface area (Å²) in [5.41, 5.74) is 1.87. The van der Waals surface area contributed by atoms with Crippen LogP contribution in [-0.2, 0) is 16.0 Å². The smallest absolute Gasteiger partial charge is 0.160 e. The number of ketones is 2. The molecule has 0 heterocycles. The number of benzene rings is 1. The summed E-state index contributed by atoms with van der Waals surface area (Å²) < 4.78 is 0. The van der Waals surface area contributed by atoms with Gasteiger partial charge in [0, 0.05) is 24.3 Å². The van der Waals surface area contributed by atoms with Crippen LogP contribution in [0.3, 0.4) is 0 Å². The largest absolute Gasteiger partial charge is 0.299 e. The zero-order valence-corrected chi connectivity index (χ0v) is 10.2. The average Bonchev–Trinajstić information content (AvgIpc) is 2.63. The van der Waals surface area contributed by atoms with Crippen molar-refractivity contribution in [3.05, 3.63) is 46.5 Å². The first-order valence-electron chi connectivity index (χ1n) is 5.62. The van der Waals surface area contributed by atoms with Crippen LogP contribution in [0.4, 0.5) is 0 Å². The molecule has 1 aliphatic carbocycles. The van der Waals surface area contributed by atoms with E-state index in [1.165, 1.54) is 0 Å². The first kappa shape index (κ1) is 12.1. The molecule has 0 unspecified atom stereocenters. The van der Waals surface area contributed by atoms with Gasteiger partial charge in [-0.2, -0.15) is 0 Å². The van der Waals surface area contributed by atoms with Crippen molar-refractivity contribution in [2.24, 2.45) is 0 Å². The minimum atomic E-state index is 0.0389. The number of Topliss-reactive ketones (excluding diaryl/α,β-unsaturated/α-hetero) is 1. The highest BCUT2D eigenvalue weighted by atomic mass is 35.5. The quantitative estimate of drug-likeness (QED) is 0.770. The van der Waals surface area contributed by atoms with Gasteiger partial charge in [-0.15, -0.1) is 0 Å². The monoisotopic (exact) mass is 248 g/mol. The second kappa shape index (κ2) is 5.28. The van der Waals surface area contributed by atoms with E-state index in [2.05, 4.69) is 0 Å². The van der Waals surface area contributed by atoms with Crippen molar-refractivity contribution >= 4 is 23.2 Å². The molecule has 0 aromatic heterocycles. The summed E-state index contributed by atoms with van der Waals surface area (Å²) in [5.74, 6) is 0.267. The lowest BCUT2D eigenvalue weighted by Gasteiger charge is -1.99. The average molecular weight is 249 g/mol. The second-order valence-corrected chi connectivity index (χ2v) is 4.73. The fourth-order valence-electron chi connectivity index (χ4n) is 1.98. The van der Waals surface area contributed by atoms with E-state index in [-0.39, 0.29) is 11.6 Å². The summed E-state index contributed by atoms with van der Waals surface area (Å²) in [7, 11) is 0. The molecule has 3 heteroatoms. The molecule has 1 aliphatic rings. The van der Waals surface area contributed by atoms with Gasteiger partial charge in [0.2, 0.25) is 0 Å². The van der Waals surface area contributed by atoms with Crippen LogP contribution >= 0.6 is 11.6 Å². The van der Waals surface area contributed by atoms with E-state index in [4.69, 9.17) is 11.6 Å². The maximum absolute atomic E-state index is 11.8. The Balaban J connectivity index is 2.00. The topological polar surface area (TPSA) is 34.1 Å². The van der Waals surface area contributed by atoms with E-state index in [1.54, 1.807) is 18.2 Å². The van der Waals surface area contributed by atoms with Crippen molar-refractivity contribution in [2.45, 2.75) is 25.7 Å². The number of carbonyl (C=O) groups excluding carboxylic acids is 2. The lowest BCUT2D eigenvalue weighted by molar-refractivity contribution is -0.117. The van der Waals surface area contributed by atoms with Crippen LogP contribution in [0.25, 0.3) is 0 Å². The van der Waals surface area contributed by atoms with E-state index < -0.39 is 0 Å². The Morgan fingerprint density at radius 3 is 2.82 bits per heavy atom. The predicted octanol–water partition coefficient (Wildman–Crippen LogP) is 3.13. The molecule has 1 saturated carbocycles. The number of halogens is 1. The zero-order chi connectivity index (χ0) is 12.3. The molecular weight excluding hydrogens is 236 g/mol. The highest BCUT2D eigenvalue weighted by Crippen LogP contribution is 2.21. The molecule has 0 saturated heterocycles. The zero-order valence-electron chi connectivity index (χ0n) is 9.41. The fraction of sp³-hybridized carbons (Fsp3) is 0.286. The van der Waals surface area contributed by atoms with Crippen LogP contribution < -0.4 is 0 Å². The molecule has 0 atom stereocenters. The molecule has 0 bridgehead atoms. The Bertz CT molecular complexity index is 489. The van der Waals surface area contributed by atoms with Gasteiger partial charge in [0.05, 0.1) is 0 Å². The molecule has 2 rings (SSSR count). The van der Waals surface area contributed by atoms with E-state index >= 15 is 0 Å². The molecule has 1 fully saturated rings. The summed E-state index contributed by atoms with van der Waals surface area (Å²) in [6.45, 7) is 0. The van der Waals surface area contributed by atoms with Gasteiger partial charge >= 0.3 is 0 Å². The first-order chi connectivity index (χ1) is 8.13. The lowest BCUT2D eigenvalue weighted by Crippen LogP contribution is -1.99. The van der Waals surface area contributed by atoms with Crippen LogP contribution in [0.15, 0.2) is 35.9 Å². The minimum Gasteiger partial charge on any atom is -0.299 e. The van der Waals surface area contributed by atoms with Crippen molar-refractivity contribution < 1.29 is 9.59 Å². The molecule has 88 valence electrons. The Morgan fingerprint density at radius 1 is 1.35 bits per heavy atom. The SMILES string of the molecule is O=C(/C=C1/CCC(=O)C1)Cc1cccc(Cl)c1. The van der Waals surface area contributed by atoms with E-state index in [9.17, 15) is 9.59 Å². The number of rotatable bonds is 3. The molecule has 1 aromatic carbocycles. The molecule has 0 amide bonds. The van der Waals surface area contributed by atoms with Crippen molar-refractivity contribution in [3.8, 4) is 0 Å². The van der Waals surface area contributed by atoms with Gasteiger partial charge in [-0.25, -0.2) is 0 Å². The first-order valence-corrected chi connectivity index (χ1v) is 6.00. The molecule has 0 N–H and O–H groups in total. The van der Waals surface area contributed by atoms with Gasteiger partial charge in [0.15, 0.2) is 5.78 Å². The van der Waals surface area contributed by atoms with Crippen molar-refractivity contribution in [3.63, 3.8) is 0 Å². The van der Waals surface area contributed by atoms with Gasteiger partial charge in [0.25, 0.3) is 0 Å². The Morgan fingerprint density at radius 2 is 2.18 bits per heavy atom. The number of carbonyl (C=O) groups is 2. The highest BCUT2D eigenvalue weighted by Gasteiger charge is 2.16. The molecule has 0 radical (unpaired) electrons. The molecule has 17 heavy (non-hydrogen) atoms. The standard InChI is InChI=1S/C14H13ClO2/c15-12-3-1-2-10(6-12)8-14(17)9-11-4-5-13(16)7-11/h1-3,6,9H,4-5,7-8H2/b11-9-. The maximum Gasteiger partial charge on any atom is 0.160 e. The summed E-state index contributed by atoms with van der Waals surface area (Å²) in [4.78, 5) is 22.8. The van der Waals surface area contributed by atoms with Crippen LogP contribution in [0.5, 0.6) is 0 Å². The van der Waals surface area contributed by atoms with Crippen LogP contribution in [0.1, 0.15) is 24.8 Å². The third kappa shape index (κ3) is 3.53. The van der Waals surface area contributed by atoms with E-state index in [0.717, 1.165) is 17.6 Å². The lowest BCUT2D eigenvalue weighted by atomic mass is 10.1. The third-order valence-corrected chi connectivity index (χ3v) is 3.02. The summed E-state index contributed by atoms with van der Waals surface area (Å²) in [6.07, 6.45) is 3.72. The Hall–Kier alpha value is -1.41. The fourth-order valence-corrected chi connectivity index (χ4v) is 2.19. The van der Waals surface area contributed by atoms with Crippen LogP contribution in [0, 0.1) is 0 Å². The van der Waals surface area contributed by atoms with Crippen LogP contribution in [-0.4, -0.2) is 11.6 Å². The Kier molecular flexibility index (Phi) is 3.75. The minimum absolute atomic E-state index is 0.0389. The van der Waals surface area contributed by atoms with Crippen molar-refractivity contribution in [2.75, 3.05) is 0 Å².